The van der Waals surface area contributed by atoms with Crippen LogP contribution in [0.25, 0.3) is 0 Å². The van der Waals surface area contributed by atoms with Crippen molar-refractivity contribution in [3.63, 3.8) is 0 Å². The standard InChI is InChI=1S/C9H8BrF4N/c1-15-8(9(12,13)14)5-2-3-6(10)7(11)4-5/h2-4,8,15H,1H3. The van der Waals surface area contributed by atoms with Gasteiger partial charge in [-0.2, -0.15) is 13.2 Å². The van der Waals surface area contributed by atoms with Crippen molar-refractivity contribution in [2.75, 3.05) is 7.05 Å². The monoisotopic (exact) mass is 285 g/mol. The maximum atomic E-state index is 13.0. The zero-order chi connectivity index (χ0) is 11.6. The summed E-state index contributed by atoms with van der Waals surface area (Å²) >= 11 is 2.87. The first-order chi connectivity index (χ1) is 6.86. The van der Waals surface area contributed by atoms with E-state index in [4.69, 9.17) is 0 Å². The molecule has 15 heavy (non-hydrogen) atoms. The highest BCUT2D eigenvalue weighted by atomic mass is 79.9. The Hall–Kier alpha value is -0.620. The molecule has 84 valence electrons. The van der Waals surface area contributed by atoms with Crippen LogP contribution in [0.5, 0.6) is 0 Å². The smallest absolute Gasteiger partial charge is 0.306 e. The Balaban J connectivity index is 3.08. The molecule has 1 aromatic carbocycles. The SMILES string of the molecule is CNC(c1ccc(Br)c(F)c1)C(F)(F)F. The van der Waals surface area contributed by atoms with Gasteiger partial charge in [0.1, 0.15) is 11.9 Å². The van der Waals surface area contributed by atoms with Crippen LogP contribution in [0.1, 0.15) is 11.6 Å². The number of benzene rings is 1. The molecule has 1 atom stereocenters. The highest BCUT2D eigenvalue weighted by Gasteiger charge is 2.39. The number of hydrogen-bond acceptors (Lipinski definition) is 1. The normalized spacial score (nSPS) is 14.0. The zero-order valence-corrected chi connectivity index (χ0v) is 9.29. The lowest BCUT2D eigenvalue weighted by atomic mass is 10.1. The van der Waals surface area contributed by atoms with Crippen LogP contribution in [0.15, 0.2) is 22.7 Å². The van der Waals surface area contributed by atoms with Crippen molar-refractivity contribution < 1.29 is 17.6 Å². The molecular formula is C9H8BrF4N. The second kappa shape index (κ2) is 4.49. The minimum atomic E-state index is -4.44. The van der Waals surface area contributed by atoms with Gasteiger partial charge < -0.3 is 5.32 Å². The van der Waals surface area contributed by atoms with Crippen molar-refractivity contribution in [3.8, 4) is 0 Å². The van der Waals surface area contributed by atoms with Gasteiger partial charge in [-0.05, 0) is 40.7 Å². The molecule has 1 aromatic rings. The van der Waals surface area contributed by atoms with Crippen molar-refractivity contribution in [2.45, 2.75) is 12.2 Å². The highest BCUT2D eigenvalue weighted by molar-refractivity contribution is 9.10. The Bertz CT molecular complexity index is 350. The Kier molecular flexibility index (Phi) is 3.72. The summed E-state index contributed by atoms with van der Waals surface area (Å²) < 4.78 is 50.5. The third kappa shape index (κ3) is 2.92. The topological polar surface area (TPSA) is 12.0 Å². The predicted octanol–water partition coefficient (Wildman–Crippen LogP) is 3.41. The molecule has 0 fully saturated rings. The summed E-state index contributed by atoms with van der Waals surface area (Å²) in [7, 11) is 1.18. The van der Waals surface area contributed by atoms with Crippen molar-refractivity contribution in [1.29, 1.82) is 0 Å². The summed E-state index contributed by atoms with van der Waals surface area (Å²) in [4.78, 5) is 0. The van der Waals surface area contributed by atoms with E-state index in [0.29, 0.717) is 0 Å². The fourth-order valence-electron chi connectivity index (χ4n) is 1.21. The Morgan fingerprint density at radius 2 is 1.93 bits per heavy atom. The van der Waals surface area contributed by atoms with E-state index in [0.717, 1.165) is 6.07 Å². The predicted molar refractivity (Wildman–Crippen MR) is 52.0 cm³/mol. The van der Waals surface area contributed by atoms with Crippen LogP contribution in [0, 0.1) is 5.82 Å². The van der Waals surface area contributed by atoms with E-state index in [-0.39, 0.29) is 10.0 Å². The fourth-order valence-corrected chi connectivity index (χ4v) is 1.46. The molecule has 0 aliphatic rings. The quantitative estimate of drug-likeness (QED) is 0.821. The average molecular weight is 286 g/mol. The first kappa shape index (κ1) is 12.4. The summed E-state index contributed by atoms with van der Waals surface area (Å²) in [5, 5.41) is 2.10. The van der Waals surface area contributed by atoms with Gasteiger partial charge in [0.25, 0.3) is 0 Å². The number of hydrogen-bond donors (Lipinski definition) is 1. The number of alkyl halides is 3. The van der Waals surface area contributed by atoms with Crippen LogP contribution in [0.3, 0.4) is 0 Å². The van der Waals surface area contributed by atoms with E-state index in [1.54, 1.807) is 0 Å². The van der Waals surface area contributed by atoms with Crippen molar-refractivity contribution in [1.82, 2.24) is 5.32 Å². The molecule has 0 bridgehead atoms. The van der Waals surface area contributed by atoms with E-state index in [1.165, 1.54) is 19.2 Å². The van der Waals surface area contributed by atoms with E-state index < -0.39 is 18.0 Å². The van der Waals surface area contributed by atoms with Gasteiger partial charge in [-0.3, -0.25) is 0 Å². The maximum absolute atomic E-state index is 13.0. The third-order valence-corrected chi connectivity index (χ3v) is 2.54. The minimum absolute atomic E-state index is 0.142. The van der Waals surface area contributed by atoms with Crippen LogP contribution < -0.4 is 5.32 Å². The van der Waals surface area contributed by atoms with Gasteiger partial charge in [0.2, 0.25) is 0 Å². The first-order valence-corrected chi connectivity index (χ1v) is 4.84. The van der Waals surface area contributed by atoms with Gasteiger partial charge in [-0.1, -0.05) is 6.07 Å². The molecular weight excluding hydrogens is 278 g/mol. The van der Waals surface area contributed by atoms with Gasteiger partial charge in [0.05, 0.1) is 4.47 Å². The van der Waals surface area contributed by atoms with Gasteiger partial charge >= 0.3 is 6.18 Å². The number of rotatable bonds is 2. The van der Waals surface area contributed by atoms with Crippen LogP contribution in [-0.2, 0) is 0 Å². The molecule has 1 nitrogen and oxygen atoms in total. The summed E-state index contributed by atoms with van der Waals surface area (Å²) in [6, 6.07) is 1.49. The molecule has 6 heteroatoms. The molecule has 0 radical (unpaired) electrons. The molecule has 1 rings (SSSR count). The average Bonchev–Trinajstić information content (AvgIpc) is 2.10. The number of nitrogens with one attached hydrogen (secondary N) is 1. The van der Waals surface area contributed by atoms with Crippen molar-refractivity contribution in [3.05, 3.63) is 34.1 Å². The van der Waals surface area contributed by atoms with E-state index in [2.05, 4.69) is 21.2 Å². The highest BCUT2D eigenvalue weighted by Crippen LogP contribution is 2.33. The third-order valence-electron chi connectivity index (χ3n) is 1.89. The van der Waals surface area contributed by atoms with Crippen LogP contribution in [-0.4, -0.2) is 13.2 Å². The van der Waals surface area contributed by atoms with Gasteiger partial charge in [-0.15, -0.1) is 0 Å². The van der Waals surface area contributed by atoms with Crippen molar-refractivity contribution in [2.24, 2.45) is 0 Å². The second-order valence-electron chi connectivity index (χ2n) is 2.94. The van der Waals surface area contributed by atoms with Crippen LogP contribution >= 0.6 is 15.9 Å². The summed E-state index contributed by atoms with van der Waals surface area (Å²) in [6.07, 6.45) is -4.44. The maximum Gasteiger partial charge on any atom is 0.407 e. The Labute approximate surface area is 92.6 Å². The molecule has 0 heterocycles. The van der Waals surface area contributed by atoms with Crippen LogP contribution in [0.4, 0.5) is 17.6 Å². The van der Waals surface area contributed by atoms with Gasteiger partial charge in [0, 0.05) is 0 Å². The molecule has 0 amide bonds. The lowest BCUT2D eigenvalue weighted by molar-refractivity contribution is -0.156. The molecule has 0 aliphatic heterocycles. The Morgan fingerprint density at radius 3 is 2.33 bits per heavy atom. The van der Waals surface area contributed by atoms with E-state index in [9.17, 15) is 17.6 Å². The first-order valence-electron chi connectivity index (χ1n) is 4.05. The van der Waals surface area contributed by atoms with E-state index in [1.807, 2.05) is 0 Å². The fraction of sp³-hybridized carbons (Fsp3) is 0.333. The summed E-state index contributed by atoms with van der Waals surface area (Å²) in [5.74, 6) is -0.711. The summed E-state index contributed by atoms with van der Waals surface area (Å²) in [6.45, 7) is 0. The molecule has 1 unspecified atom stereocenters. The van der Waals surface area contributed by atoms with E-state index >= 15 is 0 Å². The molecule has 0 saturated carbocycles. The second-order valence-corrected chi connectivity index (χ2v) is 3.79. The zero-order valence-electron chi connectivity index (χ0n) is 7.70. The Morgan fingerprint density at radius 1 is 1.33 bits per heavy atom. The largest absolute Gasteiger partial charge is 0.407 e. The molecule has 1 N–H and O–H groups in total. The summed E-state index contributed by atoms with van der Waals surface area (Å²) in [5.41, 5.74) is -0.147. The van der Waals surface area contributed by atoms with Gasteiger partial charge in [0.15, 0.2) is 0 Å². The van der Waals surface area contributed by atoms with Crippen molar-refractivity contribution >= 4 is 15.9 Å². The molecule has 0 aromatic heterocycles. The van der Waals surface area contributed by atoms with Gasteiger partial charge in [-0.25, -0.2) is 4.39 Å². The molecule has 0 spiro atoms. The lowest BCUT2D eigenvalue weighted by Crippen LogP contribution is -2.31. The van der Waals surface area contributed by atoms with Crippen LogP contribution in [0.2, 0.25) is 0 Å². The number of halogens is 5. The molecule has 0 aliphatic carbocycles. The molecule has 0 saturated heterocycles. The lowest BCUT2D eigenvalue weighted by Gasteiger charge is -2.20. The minimum Gasteiger partial charge on any atom is -0.306 e.